The fourth-order valence-corrected chi connectivity index (χ4v) is 4.75. The van der Waals surface area contributed by atoms with E-state index in [0.29, 0.717) is 35.5 Å². The second-order valence-electron chi connectivity index (χ2n) is 8.91. The molecule has 0 spiro atoms. The molecule has 1 saturated heterocycles. The number of Topliss-reactive ketones (excluding diaryl/α,β-unsaturated/α-hetero) is 1. The lowest BCUT2D eigenvalue weighted by atomic mass is 9.93. The number of rotatable bonds is 5. The third-order valence-corrected chi connectivity index (χ3v) is 6.58. The minimum absolute atomic E-state index is 0.0362. The van der Waals surface area contributed by atoms with Crippen LogP contribution in [0.1, 0.15) is 42.1 Å². The number of hydrogen-bond donors (Lipinski definition) is 2. The molecule has 2 heterocycles. The maximum absolute atomic E-state index is 13.4. The highest BCUT2D eigenvalue weighted by atomic mass is 16.5. The summed E-state index contributed by atoms with van der Waals surface area (Å²) >= 11 is 0. The van der Waals surface area contributed by atoms with E-state index >= 15 is 0 Å². The van der Waals surface area contributed by atoms with Crippen LogP contribution in [0.5, 0.6) is 5.75 Å². The van der Waals surface area contributed by atoms with Gasteiger partial charge in [0, 0.05) is 30.3 Å². The summed E-state index contributed by atoms with van der Waals surface area (Å²) in [4.78, 5) is 39.5. The number of benzene rings is 3. The first-order chi connectivity index (χ1) is 17.4. The molecule has 2 aliphatic rings. The largest absolute Gasteiger partial charge is 0.507 e. The zero-order valence-corrected chi connectivity index (χ0v) is 20.1. The van der Waals surface area contributed by atoms with E-state index in [9.17, 15) is 19.5 Å². The number of aliphatic hydroxyl groups excluding tert-OH is 1. The lowest BCUT2D eigenvalue weighted by molar-refractivity contribution is -0.132. The van der Waals surface area contributed by atoms with Crippen molar-refractivity contribution in [3.8, 4) is 5.75 Å². The van der Waals surface area contributed by atoms with E-state index in [2.05, 4.69) is 12.2 Å². The van der Waals surface area contributed by atoms with Crippen molar-refractivity contribution >= 4 is 34.7 Å². The van der Waals surface area contributed by atoms with Crippen molar-refractivity contribution in [3.63, 3.8) is 0 Å². The Bertz CT molecular complexity index is 1390. The van der Waals surface area contributed by atoms with Crippen LogP contribution in [0.3, 0.4) is 0 Å². The van der Waals surface area contributed by atoms with Crippen molar-refractivity contribution in [2.75, 3.05) is 16.8 Å². The van der Waals surface area contributed by atoms with Gasteiger partial charge in [-0.1, -0.05) is 31.2 Å². The number of aryl methyl sites for hydroxylation is 1. The number of carbonyl (C=O) groups is 3. The average Bonchev–Trinajstić information content (AvgIpc) is 3.46. The molecule has 1 unspecified atom stereocenters. The van der Waals surface area contributed by atoms with Gasteiger partial charge < -0.3 is 15.2 Å². The lowest BCUT2D eigenvalue weighted by Gasteiger charge is -2.26. The SMILES string of the molecule is CCc1ccc(C2/C(=C(/O)c3ccc4c(c3)CCO4)C(=O)C(=O)N2c2ccc(NC(C)=O)cc2)cc1. The minimum Gasteiger partial charge on any atom is -0.507 e. The Morgan fingerprint density at radius 2 is 1.78 bits per heavy atom. The molecule has 0 saturated carbocycles. The molecule has 2 N–H and O–H groups in total. The quantitative estimate of drug-likeness (QED) is 0.310. The van der Waals surface area contributed by atoms with Gasteiger partial charge in [0.05, 0.1) is 18.2 Å². The minimum atomic E-state index is -0.813. The van der Waals surface area contributed by atoms with Crippen molar-refractivity contribution in [2.24, 2.45) is 0 Å². The number of carbonyl (C=O) groups excluding carboxylic acids is 3. The third kappa shape index (κ3) is 4.13. The van der Waals surface area contributed by atoms with Crippen LogP contribution >= 0.6 is 0 Å². The smallest absolute Gasteiger partial charge is 0.300 e. The van der Waals surface area contributed by atoms with Gasteiger partial charge in [0.1, 0.15) is 11.5 Å². The summed E-state index contributed by atoms with van der Waals surface area (Å²) in [6, 6.07) is 18.9. The molecule has 3 aromatic carbocycles. The van der Waals surface area contributed by atoms with Crippen LogP contribution in [0.15, 0.2) is 72.3 Å². The maximum atomic E-state index is 13.4. The summed E-state index contributed by atoms with van der Waals surface area (Å²) in [5.74, 6) is -1.14. The summed E-state index contributed by atoms with van der Waals surface area (Å²) < 4.78 is 5.56. The van der Waals surface area contributed by atoms with Gasteiger partial charge in [-0.15, -0.1) is 0 Å². The van der Waals surface area contributed by atoms with E-state index < -0.39 is 17.7 Å². The van der Waals surface area contributed by atoms with Gasteiger partial charge in [0.2, 0.25) is 5.91 Å². The predicted octanol–water partition coefficient (Wildman–Crippen LogP) is 4.77. The van der Waals surface area contributed by atoms with Gasteiger partial charge >= 0.3 is 0 Å². The Morgan fingerprint density at radius 1 is 1.06 bits per heavy atom. The monoisotopic (exact) mass is 482 g/mol. The van der Waals surface area contributed by atoms with Gasteiger partial charge in [0.25, 0.3) is 11.7 Å². The fourth-order valence-electron chi connectivity index (χ4n) is 4.75. The summed E-state index contributed by atoms with van der Waals surface area (Å²) in [5.41, 5.74) is 4.34. The molecule has 3 aromatic rings. The number of nitrogens with one attached hydrogen (secondary N) is 1. The van der Waals surface area contributed by atoms with Crippen LogP contribution in [0, 0.1) is 0 Å². The highest BCUT2D eigenvalue weighted by Gasteiger charge is 2.47. The third-order valence-electron chi connectivity index (χ3n) is 6.58. The molecule has 7 heteroatoms. The van der Waals surface area contributed by atoms with Crippen molar-refractivity contribution < 1.29 is 24.2 Å². The molecule has 0 radical (unpaired) electrons. The Kier molecular flexibility index (Phi) is 6.06. The number of ketones is 1. The number of fused-ring (bicyclic) bond motifs is 1. The van der Waals surface area contributed by atoms with Crippen molar-refractivity contribution in [2.45, 2.75) is 32.7 Å². The second kappa shape index (κ2) is 9.34. The molecule has 0 aliphatic carbocycles. The summed E-state index contributed by atoms with van der Waals surface area (Å²) in [7, 11) is 0. The van der Waals surface area contributed by atoms with E-state index in [0.717, 1.165) is 23.3 Å². The lowest BCUT2D eigenvalue weighted by Crippen LogP contribution is -2.29. The van der Waals surface area contributed by atoms with E-state index in [1.165, 1.54) is 11.8 Å². The standard InChI is InChI=1S/C29H26N2O5/c1-3-18-4-6-19(7-5-18)26-25(27(33)21-8-13-24-20(16-21)14-15-36-24)28(34)29(35)31(26)23-11-9-22(10-12-23)30-17(2)32/h4-13,16,26,33H,3,14-15H2,1-2H3,(H,30,32)/b27-25-. The first kappa shape index (κ1) is 23.4. The maximum Gasteiger partial charge on any atom is 0.300 e. The first-order valence-corrected chi connectivity index (χ1v) is 11.9. The molecule has 1 fully saturated rings. The van der Waals surface area contributed by atoms with E-state index in [-0.39, 0.29) is 17.2 Å². The van der Waals surface area contributed by atoms with Gasteiger partial charge in [-0.3, -0.25) is 19.3 Å². The number of aliphatic hydroxyl groups is 1. The zero-order valence-electron chi connectivity index (χ0n) is 20.1. The summed E-state index contributed by atoms with van der Waals surface area (Å²) in [6.07, 6.45) is 1.57. The number of anilines is 2. The molecule has 36 heavy (non-hydrogen) atoms. The number of hydrogen-bond acceptors (Lipinski definition) is 5. The molecule has 0 bridgehead atoms. The van der Waals surface area contributed by atoms with Gasteiger partial charge in [-0.05, 0) is 65.6 Å². The van der Waals surface area contributed by atoms with Crippen LogP contribution < -0.4 is 15.0 Å². The van der Waals surface area contributed by atoms with Crippen LogP contribution in [0.4, 0.5) is 11.4 Å². The molecule has 2 amide bonds. The Balaban J connectivity index is 1.64. The first-order valence-electron chi connectivity index (χ1n) is 11.9. The molecule has 7 nitrogen and oxygen atoms in total. The number of ether oxygens (including phenoxy) is 1. The van der Waals surface area contributed by atoms with Crippen molar-refractivity contribution in [3.05, 3.63) is 94.6 Å². The number of nitrogens with zero attached hydrogens (tertiary/aromatic N) is 1. The van der Waals surface area contributed by atoms with Crippen LogP contribution in [0.2, 0.25) is 0 Å². The van der Waals surface area contributed by atoms with E-state index in [4.69, 9.17) is 4.74 Å². The van der Waals surface area contributed by atoms with Crippen molar-refractivity contribution in [1.82, 2.24) is 0 Å². The normalized spacial score (nSPS) is 18.2. The second-order valence-corrected chi connectivity index (χ2v) is 8.91. The van der Waals surface area contributed by atoms with Crippen LogP contribution in [-0.4, -0.2) is 29.3 Å². The molecule has 1 atom stereocenters. The Hall–Kier alpha value is -4.39. The van der Waals surface area contributed by atoms with Crippen LogP contribution in [-0.2, 0) is 27.2 Å². The molecular weight excluding hydrogens is 456 g/mol. The van der Waals surface area contributed by atoms with Gasteiger partial charge in [-0.25, -0.2) is 0 Å². The van der Waals surface area contributed by atoms with Crippen molar-refractivity contribution in [1.29, 1.82) is 0 Å². The molecular formula is C29H26N2O5. The predicted molar refractivity (Wildman–Crippen MR) is 137 cm³/mol. The summed E-state index contributed by atoms with van der Waals surface area (Å²) in [5, 5.41) is 14.1. The zero-order chi connectivity index (χ0) is 25.4. The molecule has 182 valence electrons. The number of amides is 2. The summed E-state index contributed by atoms with van der Waals surface area (Å²) in [6.45, 7) is 4.04. The molecule has 5 rings (SSSR count). The molecule has 0 aromatic heterocycles. The van der Waals surface area contributed by atoms with E-state index in [1.807, 2.05) is 30.3 Å². The topological polar surface area (TPSA) is 95.9 Å². The van der Waals surface area contributed by atoms with Gasteiger partial charge in [-0.2, -0.15) is 0 Å². The Morgan fingerprint density at radius 3 is 2.44 bits per heavy atom. The van der Waals surface area contributed by atoms with E-state index in [1.54, 1.807) is 36.4 Å². The van der Waals surface area contributed by atoms with Gasteiger partial charge in [0.15, 0.2) is 0 Å². The average molecular weight is 483 g/mol. The fraction of sp³-hybridized carbons (Fsp3) is 0.207. The highest BCUT2D eigenvalue weighted by Crippen LogP contribution is 2.43. The van der Waals surface area contributed by atoms with Crippen LogP contribution in [0.25, 0.3) is 5.76 Å². The molecule has 2 aliphatic heterocycles. The Labute approximate surface area is 209 Å². The highest BCUT2D eigenvalue weighted by molar-refractivity contribution is 6.51.